The number of nitro benzene ring substituents is 1. The van der Waals surface area contributed by atoms with Crippen molar-refractivity contribution in [2.24, 2.45) is 5.92 Å². The molecule has 0 bridgehead atoms. The van der Waals surface area contributed by atoms with Crippen LogP contribution in [-0.2, 0) is 0 Å². The lowest BCUT2D eigenvalue weighted by Crippen LogP contribution is -2.34. The monoisotopic (exact) mass is 375 g/mol. The first kappa shape index (κ1) is 18.8. The van der Waals surface area contributed by atoms with Crippen LogP contribution in [0.1, 0.15) is 30.1 Å². The molecule has 1 fully saturated rings. The largest absolute Gasteiger partial charge is 0.366 e. The Morgan fingerprint density at radius 3 is 2.67 bits per heavy atom. The highest BCUT2D eigenvalue weighted by Crippen LogP contribution is 2.32. The van der Waals surface area contributed by atoms with Crippen molar-refractivity contribution in [2.75, 3.05) is 23.3 Å². The van der Waals surface area contributed by atoms with Gasteiger partial charge >= 0.3 is 0 Å². The summed E-state index contributed by atoms with van der Waals surface area (Å²) >= 11 is 0. The van der Waals surface area contributed by atoms with Gasteiger partial charge in [-0.1, -0.05) is 6.92 Å². The lowest BCUT2D eigenvalue weighted by molar-refractivity contribution is -0.384. The Hall–Kier alpha value is -3.03. The number of nitrogens with zero attached hydrogens (tertiary/aromatic N) is 2. The molecular weight excluding hydrogens is 356 g/mol. The molecule has 0 saturated carbocycles. The Balaban J connectivity index is 1.85. The van der Waals surface area contributed by atoms with Crippen LogP contribution in [-0.4, -0.2) is 23.9 Å². The number of halogens is 2. The second kappa shape index (κ2) is 7.69. The van der Waals surface area contributed by atoms with E-state index in [0.29, 0.717) is 11.6 Å². The Morgan fingerprint density at radius 2 is 2.00 bits per heavy atom. The summed E-state index contributed by atoms with van der Waals surface area (Å²) < 4.78 is 26.3. The van der Waals surface area contributed by atoms with Crippen LogP contribution >= 0.6 is 0 Å². The molecule has 1 atom stereocenters. The van der Waals surface area contributed by atoms with E-state index >= 15 is 0 Å². The van der Waals surface area contributed by atoms with E-state index in [2.05, 4.69) is 12.2 Å². The van der Waals surface area contributed by atoms with Crippen molar-refractivity contribution in [1.29, 1.82) is 0 Å². The molecule has 1 aliphatic heterocycles. The van der Waals surface area contributed by atoms with Crippen molar-refractivity contribution in [2.45, 2.75) is 19.8 Å². The number of piperidine rings is 1. The third kappa shape index (κ3) is 4.21. The van der Waals surface area contributed by atoms with Gasteiger partial charge in [-0.3, -0.25) is 14.9 Å². The zero-order valence-corrected chi connectivity index (χ0v) is 14.7. The summed E-state index contributed by atoms with van der Waals surface area (Å²) in [4.78, 5) is 25.3. The van der Waals surface area contributed by atoms with Gasteiger partial charge in [0.05, 0.1) is 4.92 Å². The fraction of sp³-hybridized carbons (Fsp3) is 0.316. The fourth-order valence-corrected chi connectivity index (χ4v) is 3.26. The Labute approximate surface area is 154 Å². The average Bonchev–Trinajstić information content (AvgIpc) is 2.64. The maximum atomic E-state index is 13.3. The number of amides is 1. The fourth-order valence-electron chi connectivity index (χ4n) is 3.26. The summed E-state index contributed by atoms with van der Waals surface area (Å²) in [5, 5.41) is 13.9. The van der Waals surface area contributed by atoms with Gasteiger partial charge in [0.15, 0.2) is 11.6 Å². The van der Waals surface area contributed by atoms with Crippen molar-refractivity contribution in [3.63, 3.8) is 0 Å². The van der Waals surface area contributed by atoms with E-state index in [1.54, 1.807) is 6.07 Å². The predicted octanol–water partition coefficient (Wildman–Crippen LogP) is 4.36. The number of rotatable bonds is 4. The topological polar surface area (TPSA) is 75.5 Å². The van der Waals surface area contributed by atoms with E-state index < -0.39 is 22.5 Å². The highest BCUT2D eigenvalue weighted by molar-refractivity contribution is 6.05. The first-order valence-electron chi connectivity index (χ1n) is 8.65. The number of carbonyl (C=O) groups excluding carboxylic acids is 1. The second-order valence-corrected chi connectivity index (χ2v) is 6.74. The van der Waals surface area contributed by atoms with Gasteiger partial charge in [-0.15, -0.1) is 0 Å². The van der Waals surface area contributed by atoms with Crippen molar-refractivity contribution in [3.8, 4) is 0 Å². The summed E-state index contributed by atoms with van der Waals surface area (Å²) in [5.41, 5.74) is 0.466. The lowest BCUT2D eigenvalue weighted by Gasteiger charge is -2.32. The zero-order valence-electron chi connectivity index (χ0n) is 14.7. The molecule has 1 amide bonds. The SMILES string of the molecule is CC1CCCN(c2ccc(C(=O)Nc3ccc(F)c(F)c3)cc2[N+](=O)[O-])C1. The summed E-state index contributed by atoms with van der Waals surface area (Å²) in [6.07, 6.45) is 2.04. The normalized spacial score (nSPS) is 16.9. The van der Waals surface area contributed by atoms with Crippen LogP contribution in [0.2, 0.25) is 0 Å². The number of benzene rings is 2. The maximum absolute atomic E-state index is 13.3. The van der Waals surface area contributed by atoms with Crippen LogP contribution in [0.3, 0.4) is 0 Å². The Bertz CT molecular complexity index is 888. The molecule has 2 aromatic rings. The minimum absolute atomic E-state index is 0.0653. The number of nitrogens with one attached hydrogen (secondary N) is 1. The standard InChI is InChI=1S/C19H19F2N3O3/c1-12-3-2-8-23(11-12)17-7-4-13(9-18(17)24(26)27)19(25)22-14-5-6-15(20)16(21)10-14/h4-7,9-10,12H,2-3,8,11H2,1H3,(H,22,25). The second-order valence-electron chi connectivity index (χ2n) is 6.74. The molecule has 0 aliphatic carbocycles. The van der Waals surface area contributed by atoms with E-state index in [0.717, 1.165) is 38.1 Å². The number of anilines is 2. The molecule has 1 N–H and O–H groups in total. The third-order valence-corrected chi connectivity index (χ3v) is 4.61. The van der Waals surface area contributed by atoms with E-state index in [1.165, 1.54) is 18.2 Å². The van der Waals surface area contributed by atoms with Gasteiger partial charge in [0.1, 0.15) is 5.69 Å². The van der Waals surface area contributed by atoms with Gasteiger partial charge in [0.25, 0.3) is 11.6 Å². The van der Waals surface area contributed by atoms with E-state index in [4.69, 9.17) is 0 Å². The highest BCUT2D eigenvalue weighted by atomic mass is 19.2. The third-order valence-electron chi connectivity index (χ3n) is 4.61. The number of carbonyl (C=O) groups is 1. The smallest absolute Gasteiger partial charge is 0.293 e. The molecule has 1 unspecified atom stereocenters. The minimum Gasteiger partial charge on any atom is -0.366 e. The summed E-state index contributed by atoms with van der Waals surface area (Å²) in [6.45, 7) is 3.55. The molecule has 0 spiro atoms. The number of hydrogen-bond donors (Lipinski definition) is 1. The molecule has 8 heteroatoms. The number of hydrogen-bond acceptors (Lipinski definition) is 4. The first-order chi connectivity index (χ1) is 12.8. The summed E-state index contributed by atoms with van der Waals surface area (Å²) in [6, 6.07) is 7.24. The molecule has 1 aliphatic rings. The van der Waals surface area contributed by atoms with Crippen LogP contribution in [0.4, 0.5) is 25.8 Å². The van der Waals surface area contributed by atoms with Crippen LogP contribution in [0, 0.1) is 27.7 Å². The number of nitro groups is 1. The van der Waals surface area contributed by atoms with Crippen LogP contribution in [0.5, 0.6) is 0 Å². The van der Waals surface area contributed by atoms with E-state index in [-0.39, 0.29) is 16.9 Å². The molecule has 1 saturated heterocycles. The van der Waals surface area contributed by atoms with Crippen molar-refractivity contribution in [3.05, 3.63) is 63.7 Å². The zero-order chi connectivity index (χ0) is 19.6. The van der Waals surface area contributed by atoms with Gasteiger partial charge < -0.3 is 10.2 Å². The average molecular weight is 375 g/mol. The molecule has 2 aromatic carbocycles. The van der Waals surface area contributed by atoms with Crippen LogP contribution in [0.25, 0.3) is 0 Å². The molecule has 1 heterocycles. The summed E-state index contributed by atoms with van der Waals surface area (Å²) in [7, 11) is 0. The minimum atomic E-state index is -1.09. The Kier molecular flexibility index (Phi) is 5.34. The quantitative estimate of drug-likeness (QED) is 0.636. The molecule has 0 radical (unpaired) electrons. The van der Waals surface area contributed by atoms with Crippen molar-refractivity contribution >= 4 is 23.0 Å². The van der Waals surface area contributed by atoms with E-state index in [1.807, 2.05) is 4.90 Å². The molecule has 3 rings (SSSR count). The lowest BCUT2D eigenvalue weighted by atomic mass is 9.99. The first-order valence-corrected chi connectivity index (χ1v) is 8.65. The maximum Gasteiger partial charge on any atom is 0.293 e. The van der Waals surface area contributed by atoms with Gasteiger partial charge in [-0.25, -0.2) is 8.78 Å². The van der Waals surface area contributed by atoms with Gasteiger partial charge in [0, 0.05) is 36.5 Å². The molecule has 0 aromatic heterocycles. The van der Waals surface area contributed by atoms with E-state index in [9.17, 15) is 23.7 Å². The molecule has 27 heavy (non-hydrogen) atoms. The van der Waals surface area contributed by atoms with Crippen molar-refractivity contribution < 1.29 is 18.5 Å². The van der Waals surface area contributed by atoms with Crippen molar-refractivity contribution in [1.82, 2.24) is 0 Å². The molecule has 6 nitrogen and oxygen atoms in total. The van der Waals surface area contributed by atoms with Gasteiger partial charge in [-0.05, 0) is 43.0 Å². The van der Waals surface area contributed by atoms with Gasteiger partial charge in [-0.2, -0.15) is 0 Å². The van der Waals surface area contributed by atoms with Crippen LogP contribution < -0.4 is 10.2 Å². The summed E-state index contributed by atoms with van der Waals surface area (Å²) in [5.74, 6) is -2.31. The van der Waals surface area contributed by atoms with Crippen LogP contribution in [0.15, 0.2) is 36.4 Å². The highest BCUT2D eigenvalue weighted by Gasteiger charge is 2.25. The predicted molar refractivity (Wildman–Crippen MR) is 98.0 cm³/mol. The molecular formula is C19H19F2N3O3. The van der Waals surface area contributed by atoms with Gasteiger partial charge in [0.2, 0.25) is 0 Å². The Morgan fingerprint density at radius 1 is 1.22 bits per heavy atom. The molecule has 142 valence electrons.